The molecule has 18 heavy (non-hydrogen) atoms. The summed E-state index contributed by atoms with van der Waals surface area (Å²) < 4.78 is 0. The molecule has 1 aliphatic carbocycles. The van der Waals surface area contributed by atoms with Gasteiger partial charge in [0.25, 0.3) is 0 Å². The molecule has 0 saturated carbocycles. The Bertz CT molecular complexity index is 494. The molecule has 0 atom stereocenters. The van der Waals surface area contributed by atoms with Crippen molar-refractivity contribution in [3.05, 3.63) is 35.4 Å². The van der Waals surface area contributed by atoms with Crippen LogP contribution in [0.3, 0.4) is 0 Å². The van der Waals surface area contributed by atoms with E-state index in [2.05, 4.69) is 10.6 Å². The highest BCUT2D eigenvalue weighted by Gasteiger charge is 2.24. The molecule has 0 unspecified atom stereocenters. The smallest absolute Gasteiger partial charge is 0.310 e. The highest BCUT2D eigenvalue weighted by molar-refractivity contribution is 6.35. The van der Waals surface area contributed by atoms with Crippen LogP contribution in [0.25, 0.3) is 0 Å². The second-order valence-electron chi connectivity index (χ2n) is 4.19. The molecule has 0 heterocycles. The lowest BCUT2D eigenvalue weighted by Crippen LogP contribution is -2.45. The first kappa shape index (κ1) is 12.1. The molecule has 0 fully saturated rings. The minimum atomic E-state index is -0.757. The van der Waals surface area contributed by atoms with Crippen molar-refractivity contribution in [3.8, 4) is 6.07 Å². The number of hydrogen-bond donors (Lipinski definition) is 2. The number of carbonyl (C=O) groups excluding carboxylic acids is 2. The Kier molecular flexibility index (Phi) is 3.58. The summed E-state index contributed by atoms with van der Waals surface area (Å²) in [6.45, 7) is -0.156. The van der Waals surface area contributed by atoms with E-state index in [1.165, 1.54) is 11.1 Å². The molecular weight excluding hydrogens is 230 g/mol. The Hall–Kier alpha value is -2.35. The van der Waals surface area contributed by atoms with Crippen LogP contribution >= 0.6 is 0 Å². The first-order chi connectivity index (χ1) is 8.70. The quantitative estimate of drug-likeness (QED) is 0.562. The average Bonchev–Trinajstić information content (AvgIpc) is 2.77. The van der Waals surface area contributed by atoms with Crippen molar-refractivity contribution in [1.29, 1.82) is 5.26 Å². The first-order valence-corrected chi connectivity index (χ1v) is 5.73. The number of benzene rings is 1. The number of hydrogen-bond acceptors (Lipinski definition) is 3. The Morgan fingerprint density at radius 3 is 2.39 bits per heavy atom. The maximum absolute atomic E-state index is 11.5. The lowest BCUT2D eigenvalue weighted by Gasteiger charge is -2.10. The zero-order chi connectivity index (χ0) is 13.0. The van der Waals surface area contributed by atoms with Crippen LogP contribution in [0.5, 0.6) is 0 Å². The molecule has 2 rings (SSSR count). The molecule has 2 amide bonds. The van der Waals surface area contributed by atoms with Crippen LogP contribution in [-0.2, 0) is 22.4 Å². The number of nitriles is 1. The van der Waals surface area contributed by atoms with E-state index in [0.29, 0.717) is 0 Å². The summed E-state index contributed by atoms with van der Waals surface area (Å²) in [5, 5.41) is 13.2. The van der Waals surface area contributed by atoms with E-state index in [4.69, 9.17) is 5.26 Å². The van der Waals surface area contributed by atoms with Crippen molar-refractivity contribution >= 4 is 11.8 Å². The largest absolute Gasteiger partial charge is 0.344 e. The zero-order valence-corrected chi connectivity index (χ0v) is 9.77. The van der Waals surface area contributed by atoms with Crippen molar-refractivity contribution < 1.29 is 9.59 Å². The van der Waals surface area contributed by atoms with Crippen molar-refractivity contribution in [1.82, 2.24) is 10.6 Å². The topological polar surface area (TPSA) is 82.0 Å². The lowest BCUT2D eigenvalue weighted by atomic mass is 10.1. The van der Waals surface area contributed by atoms with Gasteiger partial charge in [-0.3, -0.25) is 9.59 Å². The van der Waals surface area contributed by atoms with Gasteiger partial charge in [0, 0.05) is 6.04 Å². The molecule has 0 aromatic heterocycles. The van der Waals surface area contributed by atoms with Gasteiger partial charge in [0.05, 0.1) is 6.07 Å². The van der Waals surface area contributed by atoms with E-state index in [9.17, 15) is 9.59 Å². The fraction of sp³-hybridized carbons (Fsp3) is 0.308. The summed E-state index contributed by atoms with van der Waals surface area (Å²) in [5.41, 5.74) is 2.42. The normalized spacial score (nSPS) is 13.5. The third-order valence-electron chi connectivity index (χ3n) is 2.92. The van der Waals surface area contributed by atoms with Gasteiger partial charge >= 0.3 is 11.8 Å². The summed E-state index contributed by atoms with van der Waals surface area (Å²) in [7, 11) is 0. The zero-order valence-electron chi connectivity index (χ0n) is 9.77. The van der Waals surface area contributed by atoms with Crippen LogP contribution in [0.4, 0.5) is 0 Å². The maximum atomic E-state index is 11.5. The number of rotatable bonds is 2. The van der Waals surface area contributed by atoms with Gasteiger partial charge < -0.3 is 10.6 Å². The fourth-order valence-electron chi connectivity index (χ4n) is 2.11. The van der Waals surface area contributed by atoms with Crippen LogP contribution < -0.4 is 10.6 Å². The molecule has 92 valence electrons. The minimum Gasteiger partial charge on any atom is -0.344 e. The van der Waals surface area contributed by atoms with E-state index in [0.717, 1.165) is 12.8 Å². The van der Waals surface area contributed by atoms with Gasteiger partial charge in [-0.2, -0.15) is 5.26 Å². The van der Waals surface area contributed by atoms with Crippen molar-refractivity contribution in [3.63, 3.8) is 0 Å². The predicted molar refractivity (Wildman–Crippen MR) is 64.4 cm³/mol. The molecular formula is C13H13N3O2. The summed E-state index contributed by atoms with van der Waals surface area (Å²) in [6.07, 6.45) is 1.49. The predicted octanol–water partition coefficient (Wildman–Crippen LogP) is -0.0902. The van der Waals surface area contributed by atoms with E-state index in [-0.39, 0.29) is 12.6 Å². The van der Waals surface area contributed by atoms with E-state index >= 15 is 0 Å². The van der Waals surface area contributed by atoms with Crippen molar-refractivity contribution in [2.75, 3.05) is 6.54 Å². The standard InChI is InChI=1S/C13H13N3O2/c14-5-6-15-12(17)13(18)16-11-7-9-3-1-2-4-10(9)8-11/h1-4,11H,6-8H2,(H,15,17)(H,16,18). The van der Waals surface area contributed by atoms with Crippen LogP contribution in [-0.4, -0.2) is 24.4 Å². The number of amides is 2. The third kappa shape index (κ3) is 2.66. The van der Waals surface area contributed by atoms with Gasteiger partial charge in [0.2, 0.25) is 0 Å². The second-order valence-corrected chi connectivity index (χ2v) is 4.19. The number of nitrogens with one attached hydrogen (secondary N) is 2. The molecule has 5 heteroatoms. The molecule has 2 N–H and O–H groups in total. The highest BCUT2D eigenvalue weighted by Crippen LogP contribution is 2.21. The van der Waals surface area contributed by atoms with Crippen LogP contribution in [0.1, 0.15) is 11.1 Å². The fourth-order valence-corrected chi connectivity index (χ4v) is 2.11. The molecule has 0 spiro atoms. The summed E-state index contributed by atoms with van der Waals surface area (Å²) in [6, 6.07) is 9.68. The number of nitrogens with zero attached hydrogens (tertiary/aromatic N) is 1. The van der Waals surface area contributed by atoms with Gasteiger partial charge in [-0.15, -0.1) is 0 Å². The van der Waals surface area contributed by atoms with Gasteiger partial charge in [0.1, 0.15) is 6.54 Å². The molecule has 0 bridgehead atoms. The van der Waals surface area contributed by atoms with Gasteiger partial charge in [0.15, 0.2) is 0 Å². The minimum absolute atomic E-state index is 0.0391. The third-order valence-corrected chi connectivity index (χ3v) is 2.92. The number of fused-ring (bicyclic) bond motifs is 1. The van der Waals surface area contributed by atoms with Gasteiger partial charge in [-0.25, -0.2) is 0 Å². The Labute approximate surface area is 105 Å². The first-order valence-electron chi connectivity index (χ1n) is 5.73. The van der Waals surface area contributed by atoms with Gasteiger partial charge in [-0.05, 0) is 24.0 Å². The molecule has 1 aliphatic rings. The van der Waals surface area contributed by atoms with E-state index in [1.807, 2.05) is 24.3 Å². The van der Waals surface area contributed by atoms with Crippen LogP contribution in [0.15, 0.2) is 24.3 Å². The molecule has 5 nitrogen and oxygen atoms in total. The Morgan fingerprint density at radius 1 is 1.22 bits per heavy atom. The molecule has 0 aliphatic heterocycles. The SMILES string of the molecule is N#CCNC(=O)C(=O)NC1Cc2ccccc2C1. The van der Waals surface area contributed by atoms with Crippen molar-refractivity contribution in [2.45, 2.75) is 18.9 Å². The maximum Gasteiger partial charge on any atom is 0.310 e. The van der Waals surface area contributed by atoms with Crippen molar-refractivity contribution in [2.24, 2.45) is 0 Å². The van der Waals surface area contributed by atoms with E-state index in [1.54, 1.807) is 6.07 Å². The molecule has 1 aromatic rings. The van der Waals surface area contributed by atoms with E-state index < -0.39 is 11.8 Å². The van der Waals surface area contributed by atoms with Crippen LogP contribution in [0.2, 0.25) is 0 Å². The Balaban J connectivity index is 1.88. The highest BCUT2D eigenvalue weighted by atomic mass is 16.2. The lowest BCUT2D eigenvalue weighted by molar-refractivity contribution is -0.139. The molecule has 1 aromatic carbocycles. The average molecular weight is 243 g/mol. The second kappa shape index (κ2) is 5.32. The van der Waals surface area contributed by atoms with Crippen LogP contribution in [0, 0.1) is 11.3 Å². The summed E-state index contributed by atoms with van der Waals surface area (Å²) >= 11 is 0. The summed E-state index contributed by atoms with van der Waals surface area (Å²) in [4.78, 5) is 22.8. The Morgan fingerprint density at radius 2 is 1.83 bits per heavy atom. The molecule has 0 radical (unpaired) electrons. The summed E-state index contributed by atoms with van der Waals surface area (Å²) in [5.74, 6) is -1.43. The molecule has 0 saturated heterocycles. The van der Waals surface area contributed by atoms with Gasteiger partial charge in [-0.1, -0.05) is 24.3 Å². The number of carbonyl (C=O) groups is 2. The monoisotopic (exact) mass is 243 g/mol.